The van der Waals surface area contributed by atoms with Crippen LogP contribution in [0.3, 0.4) is 0 Å². The third-order valence-corrected chi connectivity index (χ3v) is 4.77. The van der Waals surface area contributed by atoms with Gasteiger partial charge in [0.05, 0.1) is 9.26 Å². The molecule has 1 saturated heterocycles. The summed E-state index contributed by atoms with van der Waals surface area (Å²) in [5, 5.41) is 3.43. The van der Waals surface area contributed by atoms with Crippen LogP contribution in [0.1, 0.15) is 58.0 Å². The van der Waals surface area contributed by atoms with Crippen LogP contribution in [0.15, 0.2) is 0 Å². The molecule has 0 bridgehead atoms. The average molecular weight is 389 g/mol. The van der Waals surface area contributed by atoms with Crippen LogP contribution in [0, 0.1) is 3.57 Å². The molecule has 5 heteroatoms. The fourth-order valence-electron chi connectivity index (χ4n) is 2.45. The van der Waals surface area contributed by atoms with Crippen molar-refractivity contribution in [2.75, 3.05) is 18.5 Å². The number of ether oxygens (including phenoxy) is 1. The molecule has 1 aromatic heterocycles. The summed E-state index contributed by atoms with van der Waals surface area (Å²) in [6, 6.07) is 0. The first kappa shape index (κ1) is 15.9. The first-order valence-electron chi connectivity index (χ1n) is 7.55. The smallest absolute Gasteiger partial charge is 0.162 e. The maximum Gasteiger partial charge on any atom is 0.162 e. The number of nitrogens with one attached hydrogen (secondary N) is 1. The zero-order chi connectivity index (χ0) is 14.6. The minimum Gasteiger partial charge on any atom is -0.369 e. The van der Waals surface area contributed by atoms with Gasteiger partial charge in [-0.3, -0.25) is 0 Å². The SMILES string of the molecule is CCCNc1nc(C2(C)CCCO2)nc(CCC)c1I. The predicted octanol–water partition coefficient (Wildman–Crippen LogP) is 3.88. The molecule has 4 nitrogen and oxygen atoms in total. The number of hydrogen-bond acceptors (Lipinski definition) is 4. The minimum atomic E-state index is -0.310. The van der Waals surface area contributed by atoms with Crippen LogP contribution in [-0.4, -0.2) is 23.1 Å². The lowest BCUT2D eigenvalue weighted by Crippen LogP contribution is -2.25. The molecule has 0 spiro atoms. The Labute approximate surface area is 135 Å². The molecule has 0 saturated carbocycles. The van der Waals surface area contributed by atoms with Crippen LogP contribution in [-0.2, 0) is 16.8 Å². The second-order valence-corrected chi connectivity index (χ2v) is 6.59. The lowest BCUT2D eigenvalue weighted by atomic mass is 10.0. The molecule has 0 aliphatic carbocycles. The summed E-state index contributed by atoms with van der Waals surface area (Å²) < 4.78 is 7.06. The lowest BCUT2D eigenvalue weighted by Gasteiger charge is -2.23. The summed E-state index contributed by atoms with van der Waals surface area (Å²) in [5.74, 6) is 1.81. The molecule has 1 aromatic rings. The highest BCUT2D eigenvalue weighted by Crippen LogP contribution is 2.35. The largest absolute Gasteiger partial charge is 0.369 e. The van der Waals surface area contributed by atoms with Crippen molar-refractivity contribution in [1.29, 1.82) is 0 Å². The Kier molecular flexibility index (Phi) is 5.60. The molecule has 1 N–H and O–H groups in total. The molecule has 0 radical (unpaired) electrons. The highest BCUT2D eigenvalue weighted by molar-refractivity contribution is 14.1. The van der Waals surface area contributed by atoms with E-state index in [1.807, 2.05) is 0 Å². The van der Waals surface area contributed by atoms with Crippen molar-refractivity contribution in [2.45, 2.75) is 58.5 Å². The van der Waals surface area contributed by atoms with E-state index in [1.54, 1.807) is 0 Å². The fraction of sp³-hybridized carbons (Fsp3) is 0.733. The predicted molar refractivity (Wildman–Crippen MR) is 90.1 cm³/mol. The van der Waals surface area contributed by atoms with Crippen LogP contribution in [0.2, 0.25) is 0 Å². The molecule has 1 atom stereocenters. The molecule has 2 heterocycles. The van der Waals surface area contributed by atoms with Gasteiger partial charge in [-0.1, -0.05) is 20.3 Å². The molecule has 1 fully saturated rings. The number of aryl methyl sites for hydroxylation is 1. The summed E-state index contributed by atoms with van der Waals surface area (Å²) in [4.78, 5) is 9.55. The molecular formula is C15H24IN3O. The Balaban J connectivity index is 2.38. The molecular weight excluding hydrogens is 365 g/mol. The first-order valence-corrected chi connectivity index (χ1v) is 8.63. The van der Waals surface area contributed by atoms with Gasteiger partial charge < -0.3 is 10.1 Å². The Morgan fingerprint density at radius 1 is 1.30 bits per heavy atom. The van der Waals surface area contributed by atoms with E-state index in [1.165, 1.54) is 0 Å². The molecule has 112 valence electrons. The van der Waals surface area contributed by atoms with Gasteiger partial charge in [0, 0.05) is 13.2 Å². The number of hydrogen-bond donors (Lipinski definition) is 1. The molecule has 0 amide bonds. The van der Waals surface area contributed by atoms with E-state index in [4.69, 9.17) is 14.7 Å². The Morgan fingerprint density at radius 2 is 2.10 bits per heavy atom. The van der Waals surface area contributed by atoms with Crippen molar-refractivity contribution in [3.63, 3.8) is 0 Å². The maximum absolute atomic E-state index is 5.90. The van der Waals surface area contributed by atoms with E-state index in [9.17, 15) is 0 Å². The zero-order valence-electron chi connectivity index (χ0n) is 12.6. The fourth-order valence-corrected chi connectivity index (χ4v) is 3.15. The van der Waals surface area contributed by atoms with Gasteiger partial charge in [0.15, 0.2) is 5.82 Å². The topological polar surface area (TPSA) is 47.0 Å². The van der Waals surface area contributed by atoms with Crippen molar-refractivity contribution in [2.24, 2.45) is 0 Å². The van der Waals surface area contributed by atoms with Crippen LogP contribution in [0.4, 0.5) is 5.82 Å². The average Bonchev–Trinajstić information content (AvgIpc) is 2.88. The van der Waals surface area contributed by atoms with E-state index >= 15 is 0 Å². The van der Waals surface area contributed by atoms with Crippen LogP contribution in [0.25, 0.3) is 0 Å². The third-order valence-electron chi connectivity index (χ3n) is 3.64. The van der Waals surface area contributed by atoms with Gasteiger partial charge in [0.1, 0.15) is 11.4 Å². The number of aromatic nitrogens is 2. The van der Waals surface area contributed by atoms with E-state index in [2.05, 4.69) is 48.7 Å². The molecule has 20 heavy (non-hydrogen) atoms. The standard InChI is InChI=1S/C15H24IN3O/c1-4-7-11-12(16)13(17-9-5-2)19-14(18-11)15(3)8-6-10-20-15/h4-10H2,1-3H3,(H,17,18,19). The van der Waals surface area contributed by atoms with Gasteiger partial charge >= 0.3 is 0 Å². The first-order chi connectivity index (χ1) is 9.60. The summed E-state index contributed by atoms with van der Waals surface area (Å²) in [6.07, 6.45) is 5.27. The second kappa shape index (κ2) is 7.02. The molecule has 2 rings (SSSR count). The monoisotopic (exact) mass is 389 g/mol. The zero-order valence-corrected chi connectivity index (χ0v) is 14.8. The van der Waals surface area contributed by atoms with Crippen molar-refractivity contribution in [3.05, 3.63) is 15.1 Å². The minimum absolute atomic E-state index is 0.310. The summed E-state index contributed by atoms with van der Waals surface area (Å²) in [7, 11) is 0. The number of anilines is 1. The van der Waals surface area contributed by atoms with Gasteiger partial charge in [-0.2, -0.15) is 0 Å². The van der Waals surface area contributed by atoms with Crippen molar-refractivity contribution in [3.8, 4) is 0 Å². The Morgan fingerprint density at radius 3 is 2.70 bits per heavy atom. The van der Waals surface area contributed by atoms with Gasteiger partial charge in [0.25, 0.3) is 0 Å². The van der Waals surface area contributed by atoms with Gasteiger partial charge in [-0.25, -0.2) is 9.97 Å². The van der Waals surface area contributed by atoms with E-state index in [0.717, 1.165) is 66.2 Å². The van der Waals surface area contributed by atoms with E-state index < -0.39 is 0 Å². The number of halogens is 1. The van der Waals surface area contributed by atoms with Gasteiger partial charge in [-0.05, 0) is 55.2 Å². The normalized spacial score (nSPS) is 22.2. The molecule has 1 aliphatic rings. The highest BCUT2D eigenvalue weighted by atomic mass is 127. The molecule has 1 unspecified atom stereocenters. The summed E-state index contributed by atoms with van der Waals surface area (Å²) in [5.41, 5.74) is 0.837. The molecule has 1 aliphatic heterocycles. The van der Waals surface area contributed by atoms with Crippen LogP contribution < -0.4 is 5.32 Å². The highest BCUT2D eigenvalue weighted by Gasteiger charge is 2.35. The summed E-state index contributed by atoms with van der Waals surface area (Å²) >= 11 is 2.36. The van der Waals surface area contributed by atoms with Crippen molar-refractivity contribution >= 4 is 28.4 Å². The Hall–Kier alpha value is -0.430. The van der Waals surface area contributed by atoms with Crippen molar-refractivity contribution < 1.29 is 4.74 Å². The van der Waals surface area contributed by atoms with E-state index in [0.29, 0.717) is 0 Å². The second-order valence-electron chi connectivity index (χ2n) is 5.52. The maximum atomic E-state index is 5.90. The molecule has 0 aromatic carbocycles. The number of nitrogens with zero attached hydrogens (tertiary/aromatic N) is 2. The summed E-state index contributed by atoms with van der Waals surface area (Å²) in [6.45, 7) is 8.21. The van der Waals surface area contributed by atoms with Gasteiger partial charge in [0.2, 0.25) is 0 Å². The van der Waals surface area contributed by atoms with E-state index in [-0.39, 0.29) is 5.60 Å². The number of rotatable bonds is 6. The third kappa shape index (κ3) is 3.42. The Bertz CT molecular complexity index is 459. The van der Waals surface area contributed by atoms with Gasteiger partial charge in [-0.15, -0.1) is 0 Å². The van der Waals surface area contributed by atoms with Crippen molar-refractivity contribution in [1.82, 2.24) is 9.97 Å². The quantitative estimate of drug-likeness (QED) is 0.751. The van der Waals surface area contributed by atoms with Crippen LogP contribution >= 0.6 is 22.6 Å². The lowest BCUT2D eigenvalue weighted by molar-refractivity contribution is 0.00923. The van der Waals surface area contributed by atoms with Crippen LogP contribution in [0.5, 0.6) is 0 Å².